The van der Waals surface area contributed by atoms with Gasteiger partial charge in [0.05, 0.1) is 0 Å². The molecule has 0 aliphatic rings. The van der Waals surface area contributed by atoms with Gasteiger partial charge in [-0.25, -0.2) is 0 Å². The number of ether oxygens (including phenoxy) is 3. The van der Waals surface area contributed by atoms with Crippen molar-refractivity contribution in [1.29, 1.82) is 0 Å². The summed E-state index contributed by atoms with van der Waals surface area (Å²) >= 11 is 0. The summed E-state index contributed by atoms with van der Waals surface area (Å²) in [5.74, 6) is -0.846. The maximum absolute atomic E-state index is 12.9. The summed E-state index contributed by atoms with van der Waals surface area (Å²) in [6.07, 6.45) is 68.1. The summed E-state index contributed by atoms with van der Waals surface area (Å²) in [7, 11) is 0. The van der Waals surface area contributed by atoms with Crippen LogP contribution in [0.3, 0.4) is 0 Å². The van der Waals surface area contributed by atoms with Crippen molar-refractivity contribution in [3.05, 3.63) is 12.2 Å². The summed E-state index contributed by atoms with van der Waals surface area (Å²) in [6.45, 7) is 6.68. The molecule has 6 heteroatoms. The number of allylic oxidation sites excluding steroid dienone is 2. The molecule has 0 aliphatic carbocycles. The first kappa shape index (κ1) is 67.1. The van der Waals surface area contributed by atoms with Gasteiger partial charge in [0.1, 0.15) is 13.2 Å². The number of hydrogen-bond donors (Lipinski definition) is 0. The van der Waals surface area contributed by atoms with Gasteiger partial charge in [0.2, 0.25) is 0 Å². The van der Waals surface area contributed by atoms with E-state index in [9.17, 15) is 14.4 Å². The summed E-state index contributed by atoms with van der Waals surface area (Å²) < 4.78 is 16.9. The van der Waals surface area contributed by atoms with E-state index in [4.69, 9.17) is 14.2 Å². The zero-order chi connectivity index (χ0) is 50.0. The van der Waals surface area contributed by atoms with Crippen molar-refractivity contribution < 1.29 is 28.6 Å². The fourth-order valence-electron chi connectivity index (χ4n) is 9.56. The first-order valence-electron chi connectivity index (χ1n) is 31.2. The minimum Gasteiger partial charge on any atom is -0.462 e. The average Bonchev–Trinajstić information content (AvgIpc) is 3.35. The Labute approximate surface area is 431 Å². The molecule has 1 atom stereocenters. The summed E-state index contributed by atoms with van der Waals surface area (Å²) in [5.41, 5.74) is 0. The Morgan fingerprint density at radius 1 is 0.275 bits per heavy atom. The molecular formula is C63H120O6. The monoisotopic (exact) mass is 973 g/mol. The van der Waals surface area contributed by atoms with E-state index in [2.05, 4.69) is 32.9 Å². The van der Waals surface area contributed by atoms with E-state index in [1.807, 2.05) is 0 Å². The molecule has 0 rings (SSSR count). The molecule has 0 aliphatic heterocycles. The number of carbonyl (C=O) groups excluding carboxylic acids is 3. The lowest BCUT2D eigenvalue weighted by molar-refractivity contribution is -0.167. The lowest BCUT2D eigenvalue weighted by Gasteiger charge is -2.18. The van der Waals surface area contributed by atoms with Crippen LogP contribution < -0.4 is 0 Å². The van der Waals surface area contributed by atoms with Crippen LogP contribution in [0.4, 0.5) is 0 Å². The first-order valence-corrected chi connectivity index (χ1v) is 31.2. The smallest absolute Gasteiger partial charge is 0.306 e. The second-order valence-electron chi connectivity index (χ2n) is 21.3. The van der Waals surface area contributed by atoms with E-state index in [0.717, 1.165) is 57.8 Å². The first-order chi connectivity index (χ1) is 34.0. The quantitative estimate of drug-likeness (QED) is 0.0261. The van der Waals surface area contributed by atoms with E-state index >= 15 is 0 Å². The van der Waals surface area contributed by atoms with Crippen molar-refractivity contribution in [1.82, 2.24) is 0 Å². The Balaban J connectivity index is 4.13. The van der Waals surface area contributed by atoms with Gasteiger partial charge in [-0.15, -0.1) is 0 Å². The van der Waals surface area contributed by atoms with Crippen molar-refractivity contribution in [2.75, 3.05) is 13.2 Å². The third-order valence-corrected chi connectivity index (χ3v) is 14.3. The predicted octanol–water partition coefficient (Wildman–Crippen LogP) is 20.9. The van der Waals surface area contributed by atoms with E-state index in [1.165, 1.54) is 257 Å². The van der Waals surface area contributed by atoms with Gasteiger partial charge in [-0.3, -0.25) is 14.4 Å². The molecule has 0 radical (unpaired) electrons. The molecular weight excluding hydrogens is 853 g/mol. The minimum atomic E-state index is -0.765. The summed E-state index contributed by atoms with van der Waals surface area (Å²) in [4.78, 5) is 38.1. The second kappa shape index (κ2) is 58.7. The maximum atomic E-state index is 12.9. The number of rotatable bonds is 58. The predicted molar refractivity (Wildman–Crippen MR) is 298 cm³/mol. The van der Waals surface area contributed by atoms with Gasteiger partial charge < -0.3 is 14.2 Å². The fraction of sp³-hybridized carbons (Fsp3) is 0.921. The Morgan fingerprint density at radius 3 is 0.725 bits per heavy atom. The topological polar surface area (TPSA) is 78.9 Å². The van der Waals surface area contributed by atoms with E-state index < -0.39 is 6.10 Å². The largest absolute Gasteiger partial charge is 0.462 e. The maximum Gasteiger partial charge on any atom is 0.306 e. The average molecular weight is 974 g/mol. The number of carbonyl (C=O) groups is 3. The zero-order valence-electron chi connectivity index (χ0n) is 46.9. The molecule has 0 fully saturated rings. The van der Waals surface area contributed by atoms with Crippen molar-refractivity contribution in [3.63, 3.8) is 0 Å². The molecule has 0 amide bonds. The van der Waals surface area contributed by atoms with Crippen molar-refractivity contribution >= 4 is 17.9 Å². The van der Waals surface area contributed by atoms with Crippen LogP contribution >= 0.6 is 0 Å². The van der Waals surface area contributed by atoms with Gasteiger partial charge >= 0.3 is 17.9 Å². The number of hydrogen-bond acceptors (Lipinski definition) is 6. The number of esters is 3. The molecule has 0 aromatic heterocycles. The van der Waals surface area contributed by atoms with E-state index in [0.29, 0.717) is 19.3 Å². The van der Waals surface area contributed by atoms with Gasteiger partial charge in [-0.05, 0) is 44.9 Å². The van der Waals surface area contributed by atoms with E-state index in [1.54, 1.807) is 0 Å². The highest BCUT2D eigenvalue weighted by atomic mass is 16.6. The van der Waals surface area contributed by atoms with Crippen LogP contribution in [0.5, 0.6) is 0 Å². The van der Waals surface area contributed by atoms with Crippen LogP contribution in [0.15, 0.2) is 12.2 Å². The molecule has 0 saturated carbocycles. The molecule has 0 bridgehead atoms. The van der Waals surface area contributed by atoms with Crippen molar-refractivity contribution in [3.8, 4) is 0 Å². The van der Waals surface area contributed by atoms with Crippen molar-refractivity contribution in [2.24, 2.45) is 0 Å². The molecule has 0 spiro atoms. The lowest BCUT2D eigenvalue weighted by Crippen LogP contribution is -2.30. The second-order valence-corrected chi connectivity index (χ2v) is 21.3. The van der Waals surface area contributed by atoms with Gasteiger partial charge in [-0.2, -0.15) is 0 Å². The molecule has 0 heterocycles. The molecule has 0 aromatic carbocycles. The van der Waals surface area contributed by atoms with Gasteiger partial charge in [0.15, 0.2) is 6.10 Å². The highest BCUT2D eigenvalue weighted by molar-refractivity contribution is 5.71. The van der Waals surface area contributed by atoms with Crippen LogP contribution in [0, 0.1) is 0 Å². The zero-order valence-corrected chi connectivity index (χ0v) is 46.9. The molecule has 69 heavy (non-hydrogen) atoms. The minimum absolute atomic E-state index is 0.0650. The molecule has 0 saturated heterocycles. The van der Waals surface area contributed by atoms with E-state index in [-0.39, 0.29) is 31.1 Å². The van der Waals surface area contributed by atoms with Crippen LogP contribution in [-0.4, -0.2) is 37.2 Å². The summed E-state index contributed by atoms with van der Waals surface area (Å²) in [5, 5.41) is 0. The van der Waals surface area contributed by atoms with Gasteiger partial charge in [-0.1, -0.05) is 303 Å². The normalized spacial score (nSPS) is 12.0. The molecule has 6 nitrogen and oxygen atoms in total. The standard InChI is InChI=1S/C63H120O6/c1-4-7-10-13-16-19-21-23-25-27-29-31-33-34-36-38-40-42-44-47-50-53-56-62(65)68-59-60(58-67-61(64)55-52-49-46-18-15-12-9-6-3)69-63(66)57-54-51-48-45-43-41-39-37-35-32-30-28-26-24-22-20-17-14-11-8-5-2/h28,30,60H,4-27,29,31-59H2,1-3H3/b30-28-. The Hall–Kier alpha value is -1.85. The molecule has 0 aromatic rings. The Bertz CT molecular complexity index is 1070. The van der Waals surface area contributed by atoms with Gasteiger partial charge in [0, 0.05) is 19.3 Å². The molecule has 1 unspecified atom stereocenters. The Kier molecular flexibility index (Phi) is 57.1. The van der Waals surface area contributed by atoms with Crippen LogP contribution in [0.1, 0.15) is 355 Å². The fourth-order valence-corrected chi connectivity index (χ4v) is 9.56. The van der Waals surface area contributed by atoms with Crippen LogP contribution in [-0.2, 0) is 28.6 Å². The van der Waals surface area contributed by atoms with Gasteiger partial charge in [0.25, 0.3) is 0 Å². The van der Waals surface area contributed by atoms with Crippen LogP contribution in [0.2, 0.25) is 0 Å². The molecule has 408 valence electrons. The van der Waals surface area contributed by atoms with Crippen LogP contribution in [0.25, 0.3) is 0 Å². The Morgan fingerprint density at radius 2 is 0.478 bits per heavy atom. The summed E-state index contributed by atoms with van der Waals surface area (Å²) in [6, 6.07) is 0. The lowest BCUT2D eigenvalue weighted by atomic mass is 10.0. The SMILES string of the molecule is CCCCCCCCCC/C=C\CCCCCCCCCCCC(=O)OC(COC(=O)CCCCCCCCCC)COC(=O)CCCCCCCCCCCCCCCCCCCCCCCC. The molecule has 0 N–H and O–H groups in total. The third-order valence-electron chi connectivity index (χ3n) is 14.3. The number of unbranched alkanes of at least 4 members (excludes halogenated alkanes) is 45. The third kappa shape index (κ3) is 56.9. The highest BCUT2D eigenvalue weighted by Gasteiger charge is 2.19. The van der Waals surface area contributed by atoms with Crippen molar-refractivity contribution in [2.45, 2.75) is 361 Å². The highest BCUT2D eigenvalue weighted by Crippen LogP contribution is 2.18.